The van der Waals surface area contributed by atoms with Crippen LogP contribution < -0.4 is 10.6 Å². The molecule has 0 saturated heterocycles. The summed E-state index contributed by atoms with van der Waals surface area (Å²) in [6.45, 7) is 0.353. The van der Waals surface area contributed by atoms with Crippen LogP contribution in [-0.2, 0) is 4.79 Å². The van der Waals surface area contributed by atoms with Gasteiger partial charge in [0.15, 0.2) is 0 Å². The first-order valence-corrected chi connectivity index (χ1v) is 6.56. The summed E-state index contributed by atoms with van der Waals surface area (Å²) in [5, 5.41) is 15.2. The standard InChI is InChI=1S/C14H20N2O2/c17-13-8-6-12(7-9-13)16-14(18)10-15-11-4-2-1-3-5-11/h6-9,11,15,17H,1-5,10H2,(H,16,18). The van der Waals surface area contributed by atoms with Crippen molar-refractivity contribution in [3.05, 3.63) is 24.3 Å². The van der Waals surface area contributed by atoms with Crippen molar-refractivity contribution in [1.82, 2.24) is 5.32 Å². The van der Waals surface area contributed by atoms with E-state index in [-0.39, 0.29) is 11.7 Å². The molecule has 0 heterocycles. The highest BCUT2D eigenvalue weighted by Gasteiger charge is 2.13. The Balaban J connectivity index is 1.73. The molecule has 18 heavy (non-hydrogen) atoms. The van der Waals surface area contributed by atoms with E-state index >= 15 is 0 Å². The Labute approximate surface area is 107 Å². The molecule has 1 aliphatic rings. The molecule has 0 bridgehead atoms. The predicted molar refractivity (Wildman–Crippen MR) is 71.6 cm³/mol. The number of aromatic hydroxyl groups is 1. The van der Waals surface area contributed by atoms with Gasteiger partial charge < -0.3 is 15.7 Å². The van der Waals surface area contributed by atoms with Crippen molar-refractivity contribution in [2.75, 3.05) is 11.9 Å². The Morgan fingerprint density at radius 2 is 1.83 bits per heavy atom. The smallest absolute Gasteiger partial charge is 0.238 e. The third-order valence-corrected chi connectivity index (χ3v) is 3.31. The fourth-order valence-electron chi connectivity index (χ4n) is 2.29. The number of rotatable bonds is 4. The van der Waals surface area contributed by atoms with E-state index in [0.29, 0.717) is 18.3 Å². The quantitative estimate of drug-likeness (QED) is 0.716. The molecule has 98 valence electrons. The number of carbonyl (C=O) groups is 1. The Morgan fingerprint density at radius 3 is 2.50 bits per heavy atom. The molecule has 0 radical (unpaired) electrons. The minimum absolute atomic E-state index is 0.0359. The normalized spacial score (nSPS) is 16.4. The summed E-state index contributed by atoms with van der Waals surface area (Å²) < 4.78 is 0. The number of nitrogens with one attached hydrogen (secondary N) is 2. The van der Waals surface area contributed by atoms with E-state index in [1.165, 1.54) is 32.1 Å². The summed E-state index contributed by atoms with van der Waals surface area (Å²) >= 11 is 0. The van der Waals surface area contributed by atoms with Gasteiger partial charge in [-0.2, -0.15) is 0 Å². The van der Waals surface area contributed by atoms with Crippen LogP contribution in [0.4, 0.5) is 5.69 Å². The summed E-state index contributed by atoms with van der Waals surface area (Å²) in [6.07, 6.45) is 6.19. The van der Waals surface area contributed by atoms with Crippen molar-refractivity contribution in [3.8, 4) is 5.75 Å². The third-order valence-electron chi connectivity index (χ3n) is 3.31. The fourth-order valence-corrected chi connectivity index (χ4v) is 2.29. The van der Waals surface area contributed by atoms with Crippen LogP contribution >= 0.6 is 0 Å². The third kappa shape index (κ3) is 4.04. The summed E-state index contributed by atoms with van der Waals surface area (Å²) in [4.78, 5) is 11.7. The van der Waals surface area contributed by atoms with Crippen molar-refractivity contribution < 1.29 is 9.90 Å². The van der Waals surface area contributed by atoms with Crippen LogP contribution in [0.1, 0.15) is 32.1 Å². The highest BCUT2D eigenvalue weighted by atomic mass is 16.3. The van der Waals surface area contributed by atoms with Crippen molar-refractivity contribution in [1.29, 1.82) is 0 Å². The van der Waals surface area contributed by atoms with Crippen LogP contribution in [0, 0.1) is 0 Å². The second-order valence-electron chi connectivity index (χ2n) is 4.81. The lowest BCUT2D eigenvalue weighted by Gasteiger charge is -2.22. The van der Waals surface area contributed by atoms with Gasteiger partial charge in [0.2, 0.25) is 5.91 Å². The van der Waals surface area contributed by atoms with Crippen LogP contribution in [0.15, 0.2) is 24.3 Å². The van der Waals surface area contributed by atoms with Gasteiger partial charge in [0, 0.05) is 11.7 Å². The van der Waals surface area contributed by atoms with Gasteiger partial charge in [-0.3, -0.25) is 4.79 Å². The molecule has 2 rings (SSSR count). The van der Waals surface area contributed by atoms with E-state index in [1.54, 1.807) is 24.3 Å². The number of carbonyl (C=O) groups excluding carboxylic acids is 1. The fraction of sp³-hybridized carbons (Fsp3) is 0.500. The van der Waals surface area contributed by atoms with Gasteiger partial charge in [0.1, 0.15) is 5.75 Å². The first kappa shape index (κ1) is 12.9. The highest BCUT2D eigenvalue weighted by molar-refractivity contribution is 5.92. The zero-order valence-electron chi connectivity index (χ0n) is 10.5. The topological polar surface area (TPSA) is 61.4 Å². The van der Waals surface area contributed by atoms with Crippen LogP contribution in [-0.4, -0.2) is 23.6 Å². The molecule has 0 unspecified atom stereocenters. The van der Waals surface area contributed by atoms with Crippen molar-refractivity contribution >= 4 is 11.6 Å². The Hall–Kier alpha value is -1.55. The van der Waals surface area contributed by atoms with Gasteiger partial charge in [-0.25, -0.2) is 0 Å². The second-order valence-corrected chi connectivity index (χ2v) is 4.81. The second kappa shape index (κ2) is 6.40. The number of amides is 1. The number of hydrogen-bond acceptors (Lipinski definition) is 3. The maximum atomic E-state index is 11.7. The van der Waals surface area contributed by atoms with Crippen molar-refractivity contribution in [2.45, 2.75) is 38.1 Å². The molecule has 0 atom stereocenters. The zero-order valence-corrected chi connectivity index (χ0v) is 10.5. The lowest BCUT2D eigenvalue weighted by Crippen LogP contribution is -2.37. The van der Waals surface area contributed by atoms with E-state index < -0.39 is 0 Å². The highest BCUT2D eigenvalue weighted by Crippen LogP contribution is 2.17. The molecule has 1 aliphatic carbocycles. The first-order valence-electron chi connectivity index (χ1n) is 6.56. The van der Waals surface area contributed by atoms with Gasteiger partial charge in [-0.05, 0) is 37.1 Å². The van der Waals surface area contributed by atoms with Gasteiger partial charge in [0.25, 0.3) is 0 Å². The minimum atomic E-state index is -0.0359. The lowest BCUT2D eigenvalue weighted by molar-refractivity contribution is -0.115. The summed E-state index contributed by atoms with van der Waals surface area (Å²) in [7, 11) is 0. The number of benzene rings is 1. The SMILES string of the molecule is O=C(CNC1CCCCC1)Nc1ccc(O)cc1. The summed E-state index contributed by atoms with van der Waals surface area (Å²) in [5.41, 5.74) is 0.711. The molecule has 1 saturated carbocycles. The predicted octanol–water partition coefficient (Wildman–Crippen LogP) is 2.25. The van der Waals surface area contributed by atoms with E-state index in [0.717, 1.165) is 0 Å². The van der Waals surface area contributed by atoms with Crippen LogP contribution in [0.5, 0.6) is 5.75 Å². The molecule has 1 amide bonds. The molecule has 4 nitrogen and oxygen atoms in total. The number of anilines is 1. The van der Waals surface area contributed by atoms with Crippen LogP contribution in [0.2, 0.25) is 0 Å². The average Bonchev–Trinajstić information content (AvgIpc) is 2.40. The molecular weight excluding hydrogens is 228 g/mol. The van der Waals surface area contributed by atoms with Gasteiger partial charge in [0.05, 0.1) is 6.54 Å². The largest absolute Gasteiger partial charge is 0.508 e. The summed E-state index contributed by atoms with van der Waals surface area (Å²) in [6, 6.07) is 6.99. The van der Waals surface area contributed by atoms with Gasteiger partial charge in [-0.15, -0.1) is 0 Å². The van der Waals surface area contributed by atoms with Gasteiger partial charge in [-0.1, -0.05) is 19.3 Å². The molecule has 0 spiro atoms. The maximum Gasteiger partial charge on any atom is 0.238 e. The van der Waals surface area contributed by atoms with E-state index in [9.17, 15) is 4.79 Å². The monoisotopic (exact) mass is 248 g/mol. The number of phenols is 1. The molecule has 4 heteroatoms. The average molecular weight is 248 g/mol. The first-order chi connectivity index (χ1) is 8.74. The van der Waals surface area contributed by atoms with Crippen LogP contribution in [0.3, 0.4) is 0 Å². The molecular formula is C14H20N2O2. The minimum Gasteiger partial charge on any atom is -0.508 e. The molecule has 1 fully saturated rings. The zero-order chi connectivity index (χ0) is 12.8. The number of hydrogen-bond donors (Lipinski definition) is 3. The number of phenolic OH excluding ortho intramolecular Hbond substituents is 1. The van der Waals surface area contributed by atoms with Crippen LogP contribution in [0.25, 0.3) is 0 Å². The maximum absolute atomic E-state index is 11.7. The van der Waals surface area contributed by atoms with E-state index in [4.69, 9.17) is 5.11 Å². The summed E-state index contributed by atoms with van der Waals surface area (Å²) in [5.74, 6) is 0.166. The molecule has 3 N–H and O–H groups in total. The van der Waals surface area contributed by atoms with E-state index in [1.807, 2.05) is 0 Å². The Morgan fingerprint density at radius 1 is 1.17 bits per heavy atom. The molecule has 1 aromatic carbocycles. The van der Waals surface area contributed by atoms with Crippen molar-refractivity contribution in [3.63, 3.8) is 0 Å². The lowest BCUT2D eigenvalue weighted by atomic mass is 9.95. The van der Waals surface area contributed by atoms with Gasteiger partial charge >= 0.3 is 0 Å². The molecule has 0 aromatic heterocycles. The van der Waals surface area contributed by atoms with E-state index in [2.05, 4.69) is 10.6 Å². The Bertz CT molecular complexity index is 383. The molecule has 1 aromatic rings. The Kier molecular flexibility index (Phi) is 4.59. The van der Waals surface area contributed by atoms with Crippen molar-refractivity contribution in [2.24, 2.45) is 0 Å². The molecule has 0 aliphatic heterocycles.